The highest BCUT2D eigenvalue weighted by Crippen LogP contribution is 2.42. The van der Waals surface area contributed by atoms with Crippen molar-refractivity contribution >= 4 is 0 Å². The molecule has 0 saturated heterocycles. The third-order valence-electron chi connectivity index (χ3n) is 3.51. The lowest BCUT2D eigenvalue weighted by molar-refractivity contribution is 0.0978. The van der Waals surface area contributed by atoms with E-state index >= 15 is 0 Å². The van der Waals surface area contributed by atoms with Crippen molar-refractivity contribution in [3.63, 3.8) is 0 Å². The van der Waals surface area contributed by atoms with Gasteiger partial charge < -0.3 is 5.11 Å². The minimum absolute atomic E-state index is 0.221. The first-order valence-electron chi connectivity index (χ1n) is 5.39. The lowest BCUT2D eigenvalue weighted by atomic mass is 9.70. The van der Waals surface area contributed by atoms with Crippen LogP contribution in [0.1, 0.15) is 52.9 Å². The van der Waals surface area contributed by atoms with Crippen LogP contribution in [0, 0.1) is 5.41 Å². The van der Waals surface area contributed by atoms with Gasteiger partial charge in [-0.3, -0.25) is 0 Å². The summed E-state index contributed by atoms with van der Waals surface area (Å²) in [7, 11) is 0. The number of aliphatic hydroxyl groups is 1. The number of hydrogen-bond donors (Lipinski definition) is 1. The summed E-state index contributed by atoms with van der Waals surface area (Å²) in [5, 5.41) is 9.45. The Morgan fingerprint density at radius 1 is 1.31 bits per heavy atom. The van der Waals surface area contributed by atoms with Crippen LogP contribution < -0.4 is 0 Å². The predicted octanol–water partition coefficient (Wildman–Crippen LogP) is 3.29. The van der Waals surface area contributed by atoms with E-state index in [0.717, 1.165) is 6.42 Å². The molecule has 0 saturated carbocycles. The van der Waals surface area contributed by atoms with Gasteiger partial charge in [-0.1, -0.05) is 24.5 Å². The average molecular weight is 182 g/mol. The molecule has 0 spiro atoms. The standard InChI is InChI=1S/C12H22O/c1-4-6-12(9-13)7-5-10(2)11(3)8-12/h13H,4-9H2,1-3H3/t12-/m1/s1. The van der Waals surface area contributed by atoms with Crippen molar-refractivity contribution in [2.24, 2.45) is 5.41 Å². The van der Waals surface area contributed by atoms with Crippen LogP contribution in [0.3, 0.4) is 0 Å². The van der Waals surface area contributed by atoms with Gasteiger partial charge >= 0.3 is 0 Å². The lowest BCUT2D eigenvalue weighted by Gasteiger charge is -2.36. The number of rotatable bonds is 3. The molecule has 0 heterocycles. The summed E-state index contributed by atoms with van der Waals surface area (Å²) in [5.41, 5.74) is 3.27. The zero-order valence-electron chi connectivity index (χ0n) is 9.19. The van der Waals surface area contributed by atoms with Crippen LogP contribution in [-0.4, -0.2) is 11.7 Å². The summed E-state index contributed by atoms with van der Waals surface area (Å²) >= 11 is 0. The fraction of sp³-hybridized carbons (Fsp3) is 0.833. The zero-order valence-corrected chi connectivity index (χ0v) is 9.19. The molecule has 1 rings (SSSR count). The molecule has 13 heavy (non-hydrogen) atoms. The van der Waals surface area contributed by atoms with Crippen LogP contribution in [0.4, 0.5) is 0 Å². The van der Waals surface area contributed by atoms with Crippen LogP contribution in [0.15, 0.2) is 11.1 Å². The third-order valence-corrected chi connectivity index (χ3v) is 3.51. The summed E-state index contributed by atoms with van der Waals surface area (Å²) in [5.74, 6) is 0. The molecular formula is C12H22O. The second kappa shape index (κ2) is 4.28. The van der Waals surface area contributed by atoms with Crippen LogP contribution in [0.2, 0.25) is 0 Å². The van der Waals surface area contributed by atoms with Gasteiger partial charge in [-0.25, -0.2) is 0 Å². The molecule has 1 N–H and O–H groups in total. The molecule has 1 aliphatic carbocycles. The van der Waals surface area contributed by atoms with Gasteiger partial charge in [-0.2, -0.15) is 0 Å². The van der Waals surface area contributed by atoms with Crippen molar-refractivity contribution in [3.8, 4) is 0 Å². The summed E-state index contributed by atoms with van der Waals surface area (Å²) in [4.78, 5) is 0. The van der Waals surface area contributed by atoms with E-state index in [1.807, 2.05) is 0 Å². The quantitative estimate of drug-likeness (QED) is 0.664. The molecule has 0 aliphatic heterocycles. The van der Waals surface area contributed by atoms with E-state index in [4.69, 9.17) is 0 Å². The van der Waals surface area contributed by atoms with E-state index in [0.29, 0.717) is 6.61 Å². The highest BCUT2D eigenvalue weighted by molar-refractivity contribution is 5.16. The topological polar surface area (TPSA) is 20.2 Å². The molecule has 0 fully saturated rings. The van der Waals surface area contributed by atoms with Gasteiger partial charge in [-0.15, -0.1) is 0 Å². The highest BCUT2D eigenvalue weighted by atomic mass is 16.3. The van der Waals surface area contributed by atoms with Gasteiger partial charge in [0.1, 0.15) is 0 Å². The third kappa shape index (κ3) is 2.34. The smallest absolute Gasteiger partial charge is 0.0490 e. The summed E-state index contributed by atoms with van der Waals surface area (Å²) in [6.45, 7) is 7.01. The Hall–Kier alpha value is -0.300. The Morgan fingerprint density at radius 3 is 2.46 bits per heavy atom. The van der Waals surface area contributed by atoms with Gasteiger partial charge in [0.2, 0.25) is 0 Å². The molecule has 0 bridgehead atoms. The van der Waals surface area contributed by atoms with E-state index in [2.05, 4.69) is 20.8 Å². The Kier molecular flexibility index (Phi) is 3.55. The second-order valence-electron chi connectivity index (χ2n) is 4.65. The van der Waals surface area contributed by atoms with Crippen molar-refractivity contribution in [1.29, 1.82) is 0 Å². The summed E-state index contributed by atoms with van der Waals surface area (Å²) in [6, 6.07) is 0. The van der Waals surface area contributed by atoms with E-state index < -0.39 is 0 Å². The molecule has 76 valence electrons. The average Bonchev–Trinajstić information content (AvgIpc) is 2.12. The Bertz CT molecular complexity index is 205. The SMILES string of the molecule is CCC[C@@]1(CO)CCC(C)=C(C)C1. The van der Waals surface area contributed by atoms with Crippen LogP contribution >= 0.6 is 0 Å². The van der Waals surface area contributed by atoms with Gasteiger partial charge in [0.25, 0.3) is 0 Å². The van der Waals surface area contributed by atoms with E-state index in [1.54, 1.807) is 5.57 Å². The molecule has 0 aromatic carbocycles. The Balaban J connectivity index is 2.71. The van der Waals surface area contributed by atoms with E-state index in [1.165, 1.54) is 31.3 Å². The van der Waals surface area contributed by atoms with E-state index in [9.17, 15) is 5.11 Å². The molecule has 0 unspecified atom stereocenters. The molecule has 0 aromatic heterocycles. The fourth-order valence-corrected chi connectivity index (χ4v) is 2.43. The predicted molar refractivity (Wildman–Crippen MR) is 56.7 cm³/mol. The molecule has 1 aliphatic rings. The molecule has 0 amide bonds. The minimum atomic E-state index is 0.221. The molecular weight excluding hydrogens is 160 g/mol. The molecule has 1 atom stereocenters. The van der Waals surface area contributed by atoms with E-state index in [-0.39, 0.29) is 5.41 Å². The van der Waals surface area contributed by atoms with Crippen molar-refractivity contribution in [2.45, 2.75) is 52.9 Å². The van der Waals surface area contributed by atoms with Crippen molar-refractivity contribution in [3.05, 3.63) is 11.1 Å². The Morgan fingerprint density at radius 2 is 2.00 bits per heavy atom. The maximum absolute atomic E-state index is 9.45. The zero-order chi connectivity index (χ0) is 9.90. The van der Waals surface area contributed by atoms with Gasteiger partial charge in [0, 0.05) is 6.61 Å². The van der Waals surface area contributed by atoms with Crippen molar-refractivity contribution < 1.29 is 5.11 Å². The highest BCUT2D eigenvalue weighted by Gasteiger charge is 2.31. The van der Waals surface area contributed by atoms with Gasteiger partial charge in [-0.05, 0) is 44.9 Å². The van der Waals surface area contributed by atoms with Gasteiger partial charge in [0.15, 0.2) is 0 Å². The molecule has 0 radical (unpaired) electrons. The van der Waals surface area contributed by atoms with Crippen molar-refractivity contribution in [2.75, 3.05) is 6.61 Å². The summed E-state index contributed by atoms with van der Waals surface area (Å²) in [6.07, 6.45) is 5.84. The number of aliphatic hydroxyl groups excluding tert-OH is 1. The number of allylic oxidation sites excluding steroid dienone is 2. The normalized spacial score (nSPS) is 29.5. The van der Waals surface area contributed by atoms with Crippen LogP contribution in [0.25, 0.3) is 0 Å². The fourth-order valence-electron chi connectivity index (χ4n) is 2.43. The first-order chi connectivity index (χ1) is 6.13. The first kappa shape index (κ1) is 10.8. The largest absolute Gasteiger partial charge is 0.396 e. The van der Waals surface area contributed by atoms with Crippen LogP contribution in [0.5, 0.6) is 0 Å². The maximum Gasteiger partial charge on any atom is 0.0490 e. The monoisotopic (exact) mass is 182 g/mol. The Labute approximate surface area is 81.9 Å². The number of hydrogen-bond acceptors (Lipinski definition) is 1. The molecule has 1 heteroatoms. The maximum atomic E-state index is 9.45. The minimum Gasteiger partial charge on any atom is -0.396 e. The summed E-state index contributed by atoms with van der Waals surface area (Å²) < 4.78 is 0. The van der Waals surface area contributed by atoms with Crippen molar-refractivity contribution in [1.82, 2.24) is 0 Å². The lowest BCUT2D eigenvalue weighted by Crippen LogP contribution is -2.28. The van der Waals surface area contributed by atoms with Crippen LogP contribution in [-0.2, 0) is 0 Å². The molecule has 0 aromatic rings. The first-order valence-corrected chi connectivity index (χ1v) is 5.39. The second-order valence-corrected chi connectivity index (χ2v) is 4.65. The molecule has 1 nitrogen and oxygen atoms in total. The van der Waals surface area contributed by atoms with Gasteiger partial charge in [0.05, 0.1) is 0 Å².